The number of nitrogens with zero attached hydrogens (tertiary/aromatic N) is 1. The van der Waals surface area contributed by atoms with Crippen LogP contribution in [0.4, 0.5) is 4.39 Å². The van der Waals surface area contributed by atoms with Crippen LogP contribution < -0.4 is 5.14 Å². The van der Waals surface area contributed by atoms with Crippen LogP contribution in [0.15, 0.2) is 94.6 Å². The van der Waals surface area contributed by atoms with Gasteiger partial charge >= 0.3 is 0 Å². The Hall–Kier alpha value is -3.83. The van der Waals surface area contributed by atoms with Crippen LogP contribution in [0.5, 0.6) is 0 Å². The van der Waals surface area contributed by atoms with Gasteiger partial charge in [0, 0.05) is 43.6 Å². The van der Waals surface area contributed by atoms with E-state index in [-0.39, 0.29) is 11.5 Å². The van der Waals surface area contributed by atoms with Crippen LogP contribution in [-0.2, 0) is 38.1 Å². The zero-order valence-electron chi connectivity index (χ0n) is 21.6. The number of hydrogen-bond acceptors (Lipinski definition) is 7. The second kappa shape index (κ2) is 11.7. The Morgan fingerprint density at radius 2 is 1.80 bits per heavy atom. The second-order valence-corrected chi connectivity index (χ2v) is 11.2. The first kappa shape index (κ1) is 27.7. The summed E-state index contributed by atoms with van der Waals surface area (Å²) in [7, 11) is -3.81. The molecule has 3 N–H and O–H groups in total. The summed E-state index contributed by atoms with van der Waals surface area (Å²) in [5.74, 6) is 0.612. The molecular formula is C30H29FN2O6S. The second-order valence-electron chi connectivity index (χ2n) is 9.62. The smallest absolute Gasteiger partial charge is 0.238 e. The van der Waals surface area contributed by atoms with E-state index in [2.05, 4.69) is 4.98 Å². The molecule has 0 amide bonds. The normalized spacial score (nSPS) is 15.6. The van der Waals surface area contributed by atoms with E-state index in [9.17, 15) is 17.9 Å². The van der Waals surface area contributed by atoms with Crippen LogP contribution in [0.1, 0.15) is 35.2 Å². The number of hydrogen-bond donors (Lipinski definition) is 2. The largest absolute Gasteiger partial charge is 0.489 e. The molecule has 2 heterocycles. The Balaban J connectivity index is 1.38. The predicted molar refractivity (Wildman–Crippen MR) is 147 cm³/mol. The van der Waals surface area contributed by atoms with Crippen molar-refractivity contribution in [3.63, 3.8) is 0 Å². The quantitative estimate of drug-likeness (QED) is 0.276. The van der Waals surface area contributed by atoms with E-state index in [1.54, 1.807) is 18.2 Å². The summed E-state index contributed by atoms with van der Waals surface area (Å²) < 4.78 is 54.9. The number of oxazole rings is 1. The number of halogens is 1. The molecule has 40 heavy (non-hydrogen) atoms. The van der Waals surface area contributed by atoms with Crippen molar-refractivity contribution in [3.05, 3.63) is 113 Å². The monoisotopic (exact) mass is 564 g/mol. The summed E-state index contributed by atoms with van der Waals surface area (Å²) in [5, 5.41) is 16.3. The highest BCUT2D eigenvalue weighted by molar-refractivity contribution is 7.89. The lowest BCUT2D eigenvalue weighted by molar-refractivity contribution is -0.0681. The fourth-order valence-corrected chi connectivity index (χ4v) is 5.17. The van der Waals surface area contributed by atoms with Gasteiger partial charge in [-0.3, -0.25) is 0 Å². The van der Waals surface area contributed by atoms with E-state index < -0.39 is 21.4 Å². The summed E-state index contributed by atoms with van der Waals surface area (Å²) in [5.41, 5.74) is 2.06. The summed E-state index contributed by atoms with van der Waals surface area (Å²) >= 11 is 0. The lowest BCUT2D eigenvalue weighted by atomic mass is 9.85. The number of sulfonamides is 1. The minimum absolute atomic E-state index is 0.00131. The Kier molecular flexibility index (Phi) is 8.13. The molecule has 0 atom stereocenters. The van der Waals surface area contributed by atoms with Crippen molar-refractivity contribution in [1.29, 1.82) is 0 Å². The van der Waals surface area contributed by atoms with Crippen LogP contribution >= 0.6 is 0 Å². The van der Waals surface area contributed by atoms with Crippen molar-refractivity contribution in [2.24, 2.45) is 5.14 Å². The van der Waals surface area contributed by atoms with Crippen molar-refractivity contribution >= 4 is 15.8 Å². The highest BCUT2D eigenvalue weighted by atomic mass is 32.2. The molecule has 1 aliphatic rings. The molecule has 1 fully saturated rings. The lowest BCUT2D eigenvalue weighted by Crippen LogP contribution is -2.33. The molecule has 0 unspecified atom stereocenters. The van der Waals surface area contributed by atoms with Gasteiger partial charge in [0.05, 0.1) is 16.2 Å². The molecule has 5 rings (SSSR count). The Morgan fingerprint density at radius 1 is 1.07 bits per heavy atom. The number of allylic oxidation sites excluding steroid dienone is 1. The molecule has 1 aromatic heterocycles. The highest BCUT2D eigenvalue weighted by Gasteiger charge is 2.32. The first-order chi connectivity index (χ1) is 19.2. The van der Waals surface area contributed by atoms with Gasteiger partial charge in [0.1, 0.15) is 18.2 Å². The lowest BCUT2D eigenvalue weighted by Gasteiger charge is -2.32. The maximum atomic E-state index is 14.6. The van der Waals surface area contributed by atoms with E-state index in [0.717, 1.165) is 5.56 Å². The van der Waals surface area contributed by atoms with Crippen LogP contribution in [0.3, 0.4) is 0 Å². The van der Waals surface area contributed by atoms with E-state index in [0.29, 0.717) is 66.4 Å². The van der Waals surface area contributed by atoms with Gasteiger partial charge in [-0.15, -0.1) is 0 Å². The Labute approximate surface area is 231 Å². The number of nitrogens with two attached hydrogens (primary N) is 1. The molecule has 4 aromatic rings. The maximum absolute atomic E-state index is 14.6. The van der Waals surface area contributed by atoms with Gasteiger partial charge < -0.3 is 19.0 Å². The van der Waals surface area contributed by atoms with Gasteiger partial charge in [-0.25, -0.2) is 22.9 Å². The Bertz CT molecular complexity index is 1590. The molecule has 0 bridgehead atoms. The molecule has 0 radical (unpaired) electrons. The predicted octanol–water partition coefficient (Wildman–Crippen LogP) is 4.93. The first-order valence-corrected chi connectivity index (χ1v) is 14.3. The number of rotatable bonds is 9. The number of primary sulfonamides is 1. The van der Waals surface area contributed by atoms with Crippen LogP contribution in [-0.4, -0.2) is 31.7 Å². The van der Waals surface area contributed by atoms with Gasteiger partial charge in [0.15, 0.2) is 12.2 Å². The highest BCUT2D eigenvalue weighted by Crippen LogP contribution is 2.33. The van der Waals surface area contributed by atoms with Crippen molar-refractivity contribution in [3.8, 4) is 11.3 Å². The first-order valence-electron chi connectivity index (χ1n) is 12.8. The van der Waals surface area contributed by atoms with E-state index >= 15 is 0 Å². The molecule has 0 aliphatic carbocycles. The van der Waals surface area contributed by atoms with Crippen molar-refractivity contribution in [2.75, 3.05) is 13.2 Å². The number of aliphatic hydroxyl groups is 1. The van der Waals surface area contributed by atoms with E-state index in [1.807, 2.05) is 36.4 Å². The summed E-state index contributed by atoms with van der Waals surface area (Å²) in [6, 6.07) is 20.1. The Morgan fingerprint density at radius 3 is 2.50 bits per heavy atom. The zero-order chi connectivity index (χ0) is 28.2. The van der Waals surface area contributed by atoms with Crippen LogP contribution in [0, 0.1) is 5.82 Å². The fourth-order valence-electron chi connectivity index (χ4n) is 4.66. The van der Waals surface area contributed by atoms with E-state index in [1.165, 1.54) is 30.7 Å². The standard InChI is InChI=1S/C30H29FN2O6S/c31-25-17-21(16-24(18-25)30(34)12-14-37-15-13-30)19-38-28(22-4-2-1-3-5-22)11-10-27-29(39-20-33-27)23-6-8-26(9-7-23)40(32,35)36/h1-9,11,16-18,20,34H,10,12-15,19H2,(H2,32,35,36)/b28-11-. The van der Waals surface area contributed by atoms with Gasteiger partial charge in [0.25, 0.3) is 0 Å². The molecule has 0 saturated carbocycles. The number of benzene rings is 3. The fraction of sp³-hybridized carbons (Fsp3) is 0.233. The van der Waals surface area contributed by atoms with Crippen molar-refractivity contribution < 1.29 is 31.8 Å². The molecule has 3 aromatic carbocycles. The summed E-state index contributed by atoms with van der Waals surface area (Å²) in [4.78, 5) is 4.33. The average molecular weight is 565 g/mol. The topological polar surface area (TPSA) is 125 Å². The van der Waals surface area contributed by atoms with Crippen LogP contribution in [0.2, 0.25) is 0 Å². The molecular weight excluding hydrogens is 535 g/mol. The third kappa shape index (κ3) is 6.48. The third-order valence-electron chi connectivity index (χ3n) is 6.83. The molecule has 1 saturated heterocycles. The minimum atomic E-state index is -3.81. The van der Waals surface area contributed by atoms with Crippen molar-refractivity contribution in [1.82, 2.24) is 4.98 Å². The minimum Gasteiger partial charge on any atom is -0.489 e. The van der Waals surface area contributed by atoms with Gasteiger partial charge in [-0.1, -0.05) is 30.3 Å². The maximum Gasteiger partial charge on any atom is 0.238 e. The molecule has 208 valence electrons. The molecule has 0 spiro atoms. The number of aromatic nitrogens is 1. The molecule has 1 aliphatic heterocycles. The van der Waals surface area contributed by atoms with Crippen molar-refractivity contribution in [2.45, 2.75) is 36.4 Å². The molecule has 8 nitrogen and oxygen atoms in total. The van der Waals surface area contributed by atoms with E-state index in [4.69, 9.17) is 19.0 Å². The third-order valence-corrected chi connectivity index (χ3v) is 7.76. The van der Waals surface area contributed by atoms with Gasteiger partial charge in [-0.05, 0) is 59.7 Å². The number of ether oxygens (including phenoxy) is 2. The summed E-state index contributed by atoms with van der Waals surface area (Å²) in [6.45, 7) is 0.916. The molecule has 10 heteroatoms. The zero-order valence-corrected chi connectivity index (χ0v) is 22.4. The SMILES string of the molecule is NS(=O)(=O)c1ccc(-c2ocnc2C/C=C(\OCc2cc(F)cc(C3(O)CCOCC3)c2)c2ccccc2)cc1. The van der Waals surface area contributed by atoms with Crippen LogP contribution in [0.25, 0.3) is 17.1 Å². The summed E-state index contributed by atoms with van der Waals surface area (Å²) in [6.07, 6.45) is 4.33. The average Bonchev–Trinajstić information content (AvgIpc) is 3.42. The van der Waals surface area contributed by atoms with Gasteiger partial charge in [-0.2, -0.15) is 0 Å². The van der Waals surface area contributed by atoms with Gasteiger partial charge in [0.2, 0.25) is 10.0 Å².